The summed E-state index contributed by atoms with van der Waals surface area (Å²) in [5.41, 5.74) is 3.31. The number of hydrogen-bond acceptors (Lipinski definition) is 4. The van der Waals surface area contributed by atoms with Crippen LogP contribution in [0.2, 0.25) is 5.02 Å². The van der Waals surface area contributed by atoms with Gasteiger partial charge in [-0.2, -0.15) is 5.10 Å². The molecule has 0 atom stereocenters. The van der Waals surface area contributed by atoms with Crippen LogP contribution in [0, 0.1) is 0 Å². The lowest BCUT2D eigenvalue weighted by atomic mass is 10.1. The average molecular weight is 387 g/mol. The molecule has 2 aromatic rings. The van der Waals surface area contributed by atoms with Gasteiger partial charge in [-0.25, -0.2) is 0 Å². The van der Waals surface area contributed by atoms with Gasteiger partial charge < -0.3 is 9.64 Å². The normalized spacial score (nSPS) is 15.7. The molecule has 0 amide bonds. The number of ether oxygens (including phenoxy) is 1. The molecule has 1 aliphatic rings. The maximum Gasteiger partial charge on any atom is 0.308 e. The van der Waals surface area contributed by atoms with Gasteiger partial charge in [-0.15, -0.1) is 0 Å². The summed E-state index contributed by atoms with van der Waals surface area (Å²) in [7, 11) is 0. The Morgan fingerprint density at radius 3 is 2.30 bits per heavy atom. The Labute approximate surface area is 165 Å². The van der Waals surface area contributed by atoms with Crippen molar-refractivity contribution in [3.05, 3.63) is 64.7 Å². The molecule has 0 bridgehead atoms. The zero-order valence-electron chi connectivity index (χ0n) is 15.7. The van der Waals surface area contributed by atoms with Gasteiger partial charge in [-0.05, 0) is 48.9 Å². The first-order valence-corrected chi connectivity index (χ1v) is 9.54. The van der Waals surface area contributed by atoms with E-state index in [1.807, 2.05) is 31.2 Å². The van der Waals surface area contributed by atoms with E-state index in [4.69, 9.17) is 21.4 Å². The van der Waals surface area contributed by atoms with Crippen molar-refractivity contribution in [2.75, 3.05) is 26.2 Å². The van der Waals surface area contributed by atoms with Crippen molar-refractivity contribution in [3.8, 4) is 5.75 Å². The molecule has 0 unspecified atom stereocenters. The summed E-state index contributed by atoms with van der Waals surface area (Å²) in [6.45, 7) is 8.42. The van der Waals surface area contributed by atoms with Crippen LogP contribution in [0.25, 0.3) is 0 Å². The number of hydrogen-bond donors (Lipinski definition) is 1. The topological polar surface area (TPSA) is 46.3 Å². The molecule has 3 rings (SSSR count). The van der Waals surface area contributed by atoms with Crippen molar-refractivity contribution in [3.63, 3.8) is 0 Å². The SMILES string of the molecule is CC(=O)Oc1ccc(/C(C)=N/N2CC[NH+](Cc3ccc(Cl)cc3)CC2)cc1. The van der Waals surface area contributed by atoms with Crippen LogP contribution in [0.5, 0.6) is 5.75 Å². The molecular weight excluding hydrogens is 362 g/mol. The molecule has 1 aliphatic heterocycles. The molecule has 0 aliphatic carbocycles. The molecule has 0 spiro atoms. The first-order valence-electron chi connectivity index (χ1n) is 9.16. The Bertz CT molecular complexity index is 795. The summed E-state index contributed by atoms with van der Waals surface area (Å²) in [6, 6.07) is 15.6. The highest BCUT2D eigenvalue weighted by Crippen LogP contribution is 2.13. The van der Waals surface area contributed by atoms with Gasteiger partial charge in [0.05, 0.1) is 31.9 Å². The lowest BCUT2D eigenvalue weighted by molar-refractivity contribution is -0.918. The molecular formula is C21H25ClN3O2+. The Hall–Kier alpha value is -2.37. The molecule has 142 valence electrons. The van der Waals surface area contributed by atoms with Crippen molar-refractivity contribution < 1.29 is 14.4 Å². The smallest absolute Gasteiger partial charge is 0.308 e. The standard InChI is InChI=1S/C21H24ClN3O2/c1-16(19-5-9-21(10-6-19)27-17(2)26)23-25-13-11-24(12-14-25)15-18-3-7-20(22)8-4-18/h3-10H,11-15H2,1-2H3/p+1/b23-16+. The van der Waals surface area contributed by atoms with Crippen molar-refractivity contribution in [2.24, 2.45) is 5.10 Å². The predicted molar refractivity (Wildman–Crippen MR) is 107 cm³/mol. The fourth-order valence-electron chi connectivity index (χ4n) is 3.18. The van der Waals surface area contributed by atoms with E-state index in [1.165, 1.54) is 12.5 Å². The van der Waals surface area contributed by atoms with Crippen LogP contribution >= 0.6 is 11.6 Å². The van der Waals surface area contributed by atoms with E-state index in [0.717, 1.165) is 49.0 Å². The maximum absolute atomic E-state index is 11.0. The molecule has 1 heterocycles. The molecule has 1 fully saturated rings. The van der Waals surface area contributed by atoms with Crippen LogP contribution in [0.4, 0.5) is 0 Å². The molecule has 1 saturated heterocycles. The Morgan fingerprint density at radius 2 is 1.70 bits per heavy atom. The Balaban J connectivity index is 1.52. The summed E-state index contributed by atoms with van der Waals surface area (Å²) in [4.78, 5) is 12.6. The van der Waals surface area contributed by atoms with Crippen LogP contribution in [-0.4, -0.2) is 42.9 Å². The second-order valence-corrected chi connectivity index (χ2v) is 7.25. The minimum Gasteiger partial charge on any atom is -0.427 e. The monoisotopic (exact) mass is 386 g/mol. The number of nitrogens with zero attached hydrogens (tertiary/aromatic N) is 2. The van der Waals surface area contributed by atoms with Crippen LogP contribution in [0.3, 0.4) is 0 Å². The van der Waals surface area contributed by atoms with Crippen molar-refractivity contribution >= 4 is 23.3 Å². The Morgan fingerprint density at radius 1 is 1.07 bits per heavy atom. The van der Waals surface area contributed by atoms with E-state index < -0.39 is 0 Å². The first kappa shape index (κ1) is 19.4. The van der Waals surface area contributed by atoms with Crippen molar-refractivity contribution in [1.29, 1.82) is 0 Å². The van der Waals surface area contributed by atoms with Gasteiger partial charge in [0.15, 0.2) is 0 Å². The molecule has 2 aromatic carbocycles. The number of piperazine rings is 1. The van der Waals surface area contributed by atoms with E-state index in [1.54, 1.807) is 17.0 Å². The highest BCUT2D eigenvalue weighted by atomic mass is 35.5. The third-order valence-electron chi connectivity index (χ3n) is 4.64. The fourth-order valence-corrected chi connectivity index (χ4v) is 3.30. The number of nitrogens with one attached hydrogen (secondary N) is 1. The highest BCUT2D eigenvalue weighted by Gasteiger charge is 2.19. The fraction of sp³-hybridized carbons (Fsp3) is 0.333. The summed E-state index contributed by atoms with van der Waals surface area (Å²) >= 11 is 5.95. The van der Waals surface area contributed by atoms with Gasteiger partial charge in [0.25, 0.3) is 0 Å². The summed E-state index contributed by atoms with van der Waals surface area (Å²) < 4.78 is 5.07. The van der Waals surface area contributed by atoms with E-state index >= 15 is 0 Å². The van der Waals surface area contributed by atoms with Gasteiger partial charge in [0.2, 0.25) is 0 Å². The van der Waals surface area contributed by atoms with E-state index in [0.29, 0.717) is 5.75 Å². The van der Waals surface area contributed by atoms with E-state index in [-0.39, 0.29) is 5.97 Å². The zero-order chi connectivity index (χ0) is 19.2. The summed E-state index contributed by atoms with van der Waals surface area (Å²) in [5, 5.41) is 7.68. The molecule has 0 radical (unpaired) electrons. The maximum atomic E-state index is 11.0. The van der Waals surface area contributed by atoms with Crippen LogP contribution in [0.15, 0.2) is 53.6 Å². The number of hydrazone groups is 1. The van der Waals surface area contributed by atoms with Crippen LogP contribution in [0.1, 0.15) is 25.0 Å². The third kappa shape index (κ3) is 5.81. The number of carbonyl (C=O) groups is 1. The quantitative estimate of drug-likeness (QED) is 0.487. The molecule has 27 heavy (non-hydrogen) atoms. The van der Waals surface area contributed by atoms with Gasteiger partial charge >= 0.3 is 5.97 Å². The van der Waals surface area contributed by atoms with Gasteiger partial charge in [-0.3, -0.25) is 9.80 Å². The predicted octanol–water partition coefficient (Wildman–Crippen LogP) is 2.39. The number of rotatable bonds is 5. The first-order chi connectivity index (χ1) is 13.0. The largest absolute Gasteiger partial charge is 0.427 e. The number of benzene rings is 2. The van der Waals surface area contributed by atoms with Crippen LogP contribution in [-0.2, 0) is 11.3 Å². The minimum atomic E-state index is -0.313. The molecule has 1 N–H and O–H groups in total. The second-order valence-electron chi connectivity index (χ2n) is 6.81. The van der Waals surface area contributed by atoms with Crippen molar-refractivity contribution in [1.82, 2.24) is 5.01 Å². The van der Waals surface area contributed by atoms with Gasteiger partial charge in [0.1, 0.15) is 12.3 Å². The Kier molecular flexibility index (Phi) is 6.48. The summed E-state index contributed by atoms with van der Waals surface area (Å²) in [6.07, 6.45) is 0. The van der Waals surface area contributed by atoms with Gasteiger partial charge in [0, 0.05) is 17.5 Å². The van der Waals surface area contributed by atoms with Gasteiger partial charge in [-0.1, -0.05) is 23.7 Å². The lowest BCUT2D eigenvalue weighted by Gasteiger charge is -2.31. The number of quaternary nitrogens is 1. The number of carbonyl (C=O) groups excluding carboxylic acids is 1. The zero-order valence-corrected chi connectivity index (χ0v) is 16.5. The molecule has 6 heteroatoms. The second kappa shape index (κ2) is 9.02. The number of esters is 1. The molecule has 5 nitrogen and oxygen atoms in total. The molecule has 0 saturated carbocycles. The van der Waals surface area contributed by atoms with E-state index in [9.17, 15) is 4.79 Å². The lowest BCUT2D eigenvalue weighted by Crippen LogP contribution is -3.13. The minimum absolute atomic E-state index is 0.313. The third-order valence-corrected chi connectivity index (χ3v) is 4.89. The molecule has 0 aromatic heterocycles. The average Bonchev–Trinajstić information content (AvgIpc) is 2.65. The van der Waals surface area contributed by atoms with E-state index in [2.05, 4.69) is 17.1 Å². The number of halogens is 1. The van der Waals surface area contributed by atoms with Crippen molar-refractivity contribution in [2.45, 2.75) is 20.4 Å². The van der Waals surface area contributed by atoms with Crippen LogP contribution < -0.4 is 9.64 Å². The summed E-state index contributed by atoms with van der Waals surface area (Å²) in [5.74, 6) is 0.241. The highest BCUT2D eigenvalue weighted by molar-refractivity contribution is 6.30.